The van der Waals surface area contributed by atoms with Crippen molar-refractivity contribution in [3.63, 3.8) is 0 Å². The number of rotatable bonds is 5. The van der Waals surface area contributed by atoms with Gasteiger partial charge in [0.05, 0.1) is 24.3 Å². The second kappa shape index (κ2) is 8.44. The van der Waals surface area contributed by atoms with Gasteiger partial charge in [0.1, 0.15) is 0 Å². The number of hydrogen-bond acceptors (Lipinski definition) is 3. The summed E-state index contributed by atoms with van der Waals surface area (Å²) in [6.07, 6.45) is 5.38. The van der Waals surface area contributed by atoms with E-state index >= 15 is 0 Å². The lowest BCUT2D eigenvalue weighted by Gasteiger charge is -2.31. The molecule has 0 saturated carbocycles. The van der Waals surface area contributed by atoms with Gasteiger partial charge in [0.15, 0.2) is 0 Å². The van der Waals surface area contributed by atoms with Gasteiger partial charge in [0.2, 0.25) is 5.91 Å². The Morgan fingerprint density at radius 2 is 1.93 bits per heavy atom. The number of benzene rings is 2. The van der Waals surface area contributed by atoms with Crippen LogP contribution in [0.15, 0.2) is 55.0 Å². The SMILES string of the molecule is Cc1ccc(C(N)c2cncn2Cc2ccc(N3CCC(C)CC3=O)c(C)c2)cc1. The highest BCUT2D eigenvalue weighted by Gasteiger charge is 2.25. The molecule has 0 bridgehead atoms. The standard InChI is InChI=1S/C25H30N4O/c1-17-4-7-21(8-5-17)25(26)23-14-27-16-28(23)15-20-6-9-22(19(3)13-20)29-11-10-18(2)12-24(29)30/h4-9,13-14,16,18,25H,10-12,15,26H2,1-3H3. The quantitative estimate of drug-likeness (QED) is 0.690. The number of nitrogens with two attached hydrogens (primary N) is 1. The van der Waals surface area contributed by atoms with Gasteiger partial charge in [0, 0.05) is 25.2 Å². The minimum atomic E-state index is -0.221. The predicted octanol–water partition coefficient (Wildman–Crippen LogP) is 4.36. The Morgan fingerprint density at radius 3 is 2.63 bits per heavy atom. The van der Waals surface area contributed by atoms with E-state index in [1.54, 1.807) is 0 Å². The van der Waals surface area contributed by atoms with Crippen LogP contribution in [-0.2, 0) is 11.3 Å². The fourth-order valence-corrected chi connectivity index (χ4v) is 4.22. The number of anilines is 1. The minimum Gasteiger partial charge on any atom is -0.328 e. The average molecular weight is 403 g/mol. The Hall–Kier alpha value is -2.92. The zero-order chi connectivity index (χ0) is 21.3. The molecule has 1 saturated heterocycles. The maximum absolute atomic E-state index is 12.5. The number of aromatic nitrogens is 2. The van der Waals surface area contributed by atoms with E-state index in [-0.39, 0.29) is 11.9 Å². The lowest BCUT2D eigenvalue weighted by atomic mass is 9.97. The summed E-state index contributed by atoms with van der Waals surface area (Å²) in [7, 11) is 0. The average Bonchev–Trinajstić information content (AvgIpc) is 3.17. The van der Waals surface area contributed by atoms with Gasteiger partial charge in [-0.15, -0.1) is 0 Å². The molecule has 5 nitrogen and oxygen atoms in total. The molecule has 2 aromatic carbocycles. The Kier molecular flexibility index (Phi) is 5.73. The fourth-order valence-electron chi connectivity index (χ4n) is 4.22. The maximum Gasteiger partial charge on any atom is 0.227 e. The molecule has 2 atom stereocenters. The highest BCUT2D eigenvalue weighted by molar-refractivity contribution is 5.94. The van der Waals surface area contributed by atoms with Gasteiger partial charge in [0.25, 0.3) is 0 Å². The van der Waals surface area contributed by atoms with Crippen molar-refractivity contribution in [1.82, 2.24) is 9.55 Å². The summed E-state index contributed by atoms with van der Waals surface area (Å²) in [6.45, 7) is 7.80. The van der Waals surface area contributed by atoms with Crippen LogP contribution in [0.4, 0.5) is 5.69 Å². The number of carbonyl (C=O) groups excluding carboxylic acids is 1. The van der Waals surface area contributed by atoms with E-state index in [2.05, 4.69) is 72.8 Å². The third-order valence-corrected chi connectivity index (χ3v) is 6.07. The first-order valence-electron chi connectivity index (χ1n) is 10.6. The largest absolute Gasteiger partial charge is 0.328 e. The van der Waals surface area contributed by atoms with Gasteiger partial charge < -0.3 is 15.2 Å². The van der Waals surface area contributed by atoms with E-state index in [0.717, 1.165) is 35.5 Å². The van der Waals surface area contributed by atoms with Crippen molar-refractivity contribution in [2.45, 2.75) is 46.2 Å². The number of hydrogen-bond donors (Lipinski definition) is 1. The summed E-state index contributed by atoms with van der Waals surface area (Å²) in [5.41, 5.74) is 13.1. The summed E-state index contributed by atoms with van der Waals surface area (Å²) in [5, 5.41) is 0. The Balaban J connectivity index is 1.53. The second-order valence-electron chi connectivity index (χ2n) is 8.60. The molecule has 2 N–H and O–H groups in total. The molecule has 2 heterocycles. The molecule has 2 unspecified atom stereocenters. The Morgan fingerprint density at radius 1 is 1.17 bits per heavy atom. The van der Waals surface area contributed by atoms with E-state index < -0.39 is 0 Å². The molecular weight excluding hydrogens is 372 g/mol. The summed E-state index contributed by atoms with van der Waals surface area (Å²) in [4.78, 5) is 18.8. The van der Waals surface area contributed by atoms with E-state index in [1.807, 2.05) is 17.4 Å². The molecule has 4 rings (SSSR count). The van der Waals surface area contributed by atoms with Gasteiger partial charge >= 0.3 is 0 Å². The van der Waals surface area contributed by atoms with E-state index in [9.17, 15) is 4.79 Å². The van der Waals surface area contributed by atoms with Crippen LogP contribution in [0.5, 0.6) is 0 Å². The molecule has 3 aromatic rings. The normalized spacial score (nSPS) is 17.9. The van der Waals surface area contributed by atoms with Crippen molar-refractivity contribution in [2.24, 2.45) is 11.7 Å². The third kappa shape index (κ3) is 4.17. The smallest absolute Gasteiger partial charge is 0.227 e. The number of imidazole rings is 1. The second-order valence-corrected chi connectivity index (χ2v) is 8.60. The van der Waals surface area contributed by atoms with E-state index in [4.69, 9.17) is 5.73 Å². The first-order valence-corrected chi connectivity index (χ1v) is 10.6. The maximum atomic E-state index is 12.5. The molecule has 0 radical (unpaired) electrons. The van der Waals surface area contributed by atoms with Crippen LogP contribution in [0.1, 0.15) is 53.8 Å². The van der Waals surface area contributed by atoms with Gasteiger partial charge in [-0.2, -0.15) is 0 Å². The molecule has 1 aromatic heterocycles. The molecule has 0 aliphatic carbocycles. The summed E-state index contributed by atoms with van der Waals surface area (Å²) < 4.78 is 2.10. The summed E-state index contributed by atoms with van der Waals surface area (Å²) in [6, 6.07) is 14.5. The van der Waals surface area contributed by atoms with Crippen LogP contribution < -0.4 is 10.6 Å². The molecule has 0 spiro atoms. The lowest BCUT2D eigenvalue weighted by Crippen LogP contribution is -2.38. The van der Waals surface area contributed by atoms with Crippen LogP contribution in [0.25, 0.3) is 0 Å². The van der Waals surface area contributed by atoms with Crippen LogP contribution in [-0.4, -0.2) is 22.0 Å². The van der Waals surface area contributed by atoms with Crippen molar-refractivity contribution in [3.05, 3.63) is 82.9 Å². The monoisotopic (exact) mass is 402 g/mol. The highest BCUT2D eigenvalue weighted by atomic mass is 16.2. The zero-order valence-corrected chi connectivity index (χ0v) is 18.0. The molecule has 1 aliphatic rings. The number of aryl methyl sites for hydroxylation is 2. The number of nitrogens with zero attached hydrogens (tertiary/aromatic N) is 3. The molecule has 1 fully saturated rings. The third-order valence-electron chi connectivity index (χ3n) is 6.07. The number of piperidine rings is 1. The molecule has 1 aliphatic heterocycles. The van der Waals surface area contributed by atoms with E-state index in [0.29, 0.717) is 18.9 Å². The van der Waals surface area contributed by atoms with Crippen LogP contribution in [0.3, 0.4) is 0 Å². The van der Waals surface area contributed by atoms with Crippen LogP contribution >= 0.6 is 0 Å². The fraction of sp³-hybridized carbons (Fsp3) is 0.360. The topological polar surface area (TPSA) is 64.2 Å². The zero-order valence-electron chi connectivity index (χ0n) is 18.0. The van der Waals surface area contributed by atoms with Gasteiger partial charge in [-0.05, 0) is 48.9 Å². The van der Waals surface area contributed by atoms with Crippen LogP contribution in [0.2, 0.25) is 0 Å². The van der Waals surface area contributed by atoms with Gasteiger partial charge in [-0.25, -0.2) is 4.98 Å². The lowest BCUT2D eigenvalue weighted by molar-refractivity contribution is -0.120. The molecule has 30 heavy (non-hydrogen) atoms. The first kappa shape index (κ1) is 20.4. The van der Waals surface area contributed by atoms with Crippen molar-refractivity contribution in [3.8, 4) is 0 Å². The number of amides is 1. The van der Waals surface area contributed by atoms with Crippen molar-refractivity contribution in [1.29, 1.82) is 0 Å². The van der Waals surface area contributed by atoms with E-state index in [1.165, 1.54) is 11.1 Å². The number of carbonyl (C=O) groups is 1. The predicted molar refractivity (Wildman–Crippen MR) is 120 cm³/mol. The van der Waals surface area contributed by atoms with Crippen molar-refractivity contribution < 1.29 is 4.79 Å². The van der Waals surface area contributed by atoms with Gasteiger partial charge in [-0.1, -0.05) is 48.9 Å². The summed E-state index contributed by atoms with van der Waals surface area (Å²) >= 11 is 0. The minimum absolute atomic E-state index is 0.221. The van der Waals surface area contributed by atoms with Crippen LogP contribution in [0, 0.1) is 19.8 Å². The van der Waals surface area contributed by atoms with Gasteiger partial charge in [-0.3, -0.25) is 4.79 Å². The molecule has 5 heteroatoms. The van der Waals surface area contributed by atoms with Crippen molar-refractivity contribution in [2.75, 3.05) is 11.4 Å². The first-order chi connectivity index (χ1) is 14.4. The Labute approximate surface area is 178 Å². The highest BCUT2D eigenvalue weighted by Crippen LogP contribution is 2.28. The Bertz CT molecular complexity index is 1040. The molecule has 1 amide bonds. The summed E-state index contributed by atoms with van der Waals surface area (Å²) in [5.74, 6) is 0.705. The molecular formula is C25H30N4O. The van der Waals surface area contributed by atoms with Crippen molar-refractivity contribution >= 4 is 11.6 Å². The molecule has 156 valence electrons.